The Bertz CT molecular complexity index is 1120. The van der Waals surface area contributed by atoms with Crippen LogP contribution in [0.15, 0.2) is 65.8 Å². The summed E-state index contributed by atoms with van der Waals surface area (Å²) in [4.78, 5) is 11.9. The summed E-state index contributed by atoms with van der Waals surface area (Å²) in [6, 6.07) is 16.2. The number of benzene rings is 3. The molecule has 0 aromatic heterocycles. The molecule has 0 fully saturated rings. The number of carbonyl (C=O) groups is 1. The lowest BCUT2D eigenvalue weighted by atomic mass is 10.2. The van der Waals surface area contributed by atoms with Gasteiger partial charge in [-0.2, -0.15) is 5.10 Å². The van der Waals surface area contributed by atoms with E-state index in [1.165, 1.54) is 18.3 Å². The van der Waals surface area contributed by atoms with Crippen molar-refractivity contribution in [2.75, 3.05) is 18.5 Å². The van der Waals surface area contributed by atoms with Gasteiger partial charge in [0.25, 0.3) is 5.91 Å². The minimum atomic E-state index is -0.347. The maximum Gasteiger partial charge on any atom is 0.259 e. The molecule has 0 spiro atoms. The molecule has 3 rings (SSSR count). The minimum Gasteiger partial charge on any atom is -0.490 e. The van der Waals surface area contributed by atoms with Crippen molar-refractivity contribution in [3.05, 3.63) is 87.7 Å². The van der Waals surface area contributed by atoms with Crippen LogP contribution in [0.1, 0.15) is 18.1 Å². The molecular weight excluding hydrogens is 468 g/mol. The summed E-state index contributed by atoms with van der Waals surface area (Å²) < 4.78 is 24.5. The van der Waals surface area contributed by atoms with E-state index in [1.807, 2.05) is 6.92 Å². The van der Waals surface area contributed by atoms with Crippen molar-refractivity contribution in [1.29, 1.82) is 0 Å². The molecule has 0 bridgehead atoms. The zero-order valence-electron chi connectivity index (χ0n) is 17.8. The number of rotatable bonds is 10. The van der Waals surface area contributed by atoms with E-state index in [0.717, 1.165) is 5.56 Å². The Balaban J connectivity index is 1.56. The van der Waals surface area contributed by atoms with Crippen LogP contribution in [0.3, 0.4) is 0 Å². The Labute approximate surface area is 201 Å². The van der Waals surface area contributed by atoms with Gasteiger partial charge in [0.1, 0.15) is 12.4 Å². The number of amides is 1. The number of hydrogen-bond acceptors (Lipinski definition) is 5. The van der Waals surface area contributed by atoms with Crippen LogP contribution in [0.25, 0.3) is 0 Å². The fraction of sp³-hybridized carbons (Fsp3) is 0.167. The van der Waals surface area contributed by atoms with Crippen LogP contribution >= 0.6 is 23.2 Å². The van der Waals surface area contributed by atoms with Crippen LogP contribution in [-0.2, 0) is 11.4 Å². The average Bonchev–Trinajstić information content (AvgIpc) is 2.79. The number of halogens is 3. The van der Waals surface area contributed by atoms with Crippen molar-refractivity contribution in [1.82, 2.24) is 5.43 Å². The fourth-order valence-corrected chi connectivity index (χ4v) is 3.22. The second-order valence-corrected chi connectivity index (χ2v) is 7.66. The summed E-state index contributed by atoms with van der Waals surface area (Å²) in [5.74, 6) is 0.398. The van der Waals surface area contributed by atoms with Gasteiger partial charge in [-0.3, -0.25) is 4.79 Å². The highest BCUT2D eigenvalue weighted by Crippen LogP contribution is 2.30. The van der Waals surface area contributed by atoms with Gasteiger partial charge in [-0.1, -0.05) is 29.3 Å². The van der Waals surface area contributed by atoms with Gasteiger partial charge in [-0.05, 0) is 67.1 Å². The molecule has 0 aliphatic heterocycles. The largest absolute Gasteiger partial charge is 0.490 e. The molecule has 9 heteroatoms. The van der Waals surface area contributed by atoms with Crippen molar-refractivity contribution in [2.24, 2.45) is 5.10 Å². The van der Waals surface area contributed by atoms with Gasteiger partial charge in [-0.25, -0.2) is 9.82 Å². The van der Waals surface area contributed by atoms with Crippen molar-refractivity contribution in [3.8, 4) is 11.5 Å². The van der Waals surface area contributed by atoms with Crippen molar-refractivity contribution < 1.29 is 18.7 Å². The summed E-state index contributed by atoms with van der Waals surface area (Å²) in [7, 11) is 0. The number of anilines is 1. The third-order valence-corrected chi connectivity index (χ3v) is 4.95. The summed E-state index contributed by atoms with van der Waals surface area (Å²) in [5.41, 5.74) is 4.57. The molecule has 6 nitrogen and oxygen atoms in total. The molecule has 0 unspecified atom stereocenters. The first-order valence-corrected chi connectivity index (χ1v) is 10.8. The topological polar surface area (TPSA) is 72.0 Å². The molecule has 0 atom stereocenters. The van der Waals surface area contributed by atoms with Crippen LogP contribution in [0.2, 0.25) is 10.0 Å². The first-order chi connectivity index (χ1) is 15.9. The number of carbonyl (C=O) groups excluding carboxylic acids is 1. The highest BCUT2D eigenvalue weighted by molar-refractivity contribution is 6.35. The maximum atomic E-state index is 12.9. The summed E-state index contributed by atoms with van der Waals surface area (Å²) in [6.45, 7) is 2.56. The lowest BCUT2D eigenvalue weighted by molar-refractivity contribution is -0.119. The van der Waals surface area contributed by atoms with E-state index in [9.17, 15) is 9.18 Å². The van der Waals surface area contributed by atoms with Crippen LogP contribution in [-0.4, -0.2) is 25.3 Å². The molecular formula is C24H22Cl2FN3O3. The molecule has 0 aliphatic carbocycles. The lowest BCUT2D eigenvalue weighted by Crippen LogP contribution is -2.25. The zero-order valence-corrected chi connectivity index (χ0v) is 19.3. The fourth-order valence-electron chi connectivity index (χ4n) is 2.76. The highest BCUT2D eigenvalue weighted by Gasteiger charge is 2.09. The highest BCUT2D eigenvalue weighted by atomic mass is 35.5. The monoisotopic (exact) mass is 489 g/mol. The van der Waals surface area contributed by atoms with Gasteiger partial charge in [0, 0.05) is 21.3 Å². The smallest absolute Gasteiger partial charge is 0.259 e. The quantitative estimate of drug-likeness (QED) is 0.284. The Morgan fingerprint density at radius 2 is 1.82 bits per heavy atom. The normalized spacial score (nSPS) is 10.8. The Morgan fingerprint density at radius 3 is 2.55 bits per heavy atom. The molecule has 0 radical (unpaired) electrons. The third kappa shape index (κ3) is 7.66. The van der Waals surface area contributed by atoms with Crippen molar-refractivity contribution in [3.63, 3.8) is 0 Å². The van der Waals surface area contributed by atoms with Gasteiger partial charge in [0.15, 0.2) is 11.5 Å². The molecule has 3 aromatic rings. The SMILES string of the molecule is CCOc1cc(/C=N\NC(=O)CNc2ccc(F)cc2)ccc1OCc1ccc(Cl)cc1Cl. The van der Waals surface area contributed by atoms with Gasteiger partial charge in [0.2, 0.25) is 0 Å². The first kappa shape index (κ1) is 24.4. The molecule has 3 aromatic carbocycles. The van der Waals surface area contributed by atoms with Gasteiger partial charge < -0.3 is 14.8 Å². The van der Waals surface area contributed by atoms with Gasteiger partial charge >= 0.3 is 0 Å². The van der Waals surface area contributed by atoms with Crippen molar-refractivity contribution >= 4 is 41.0 Å². The van der Waals surface area contributed by atoms with Crippen LogP contribution in [0.4, 0.5) is 10.1 Å². The predicted molar refractivity (Wildman–Crippen MR) is 129 cm³/mol. The van der Waals surface area contributed by atoms with E-state index >= 15 is 0 Å². The van der Waals surface area contributed by atoms with Crippen LogP contribution in [0, 0.1) is 5.82 Å². The van der Waals surface area contributed by atoms with E-state index in [2.05, 4.69) is 15.8 Å². The van der Waals surface area contributed by atoms with E-state index in [4.69, 9.17) is 32.7 Å². The molecule has 0 saturated heterocycles. The number of hydrazone groups is 1. The predicted octanol–water partition coefficient (Wildman–Crippen LogP) is 5.67. The second-order valence-electron chi connectivity index (χ2n) is 6.82. The third-order valence-electron chi connectivity index (χ3n) is 4.37. The molecule has 2 N–H and O–H groups in total. The second kappa shape index (κ2) is 12.1. The van der Waals surface area contributed by atoms with Gasteiger partial charge in [0.05, 0.1) is 19.4 Å². The Kier molecular flexibility index (Phi) is 8.92. The summed E-state index contributed by atoms with van der Waals surface area (Å²) in [5, 5.41) is 7.92. The zero-order chi connectivity index (χ0) is 23.6. The van der Waals surface area contributed by atoms with Crippen LogP contribution in [0.5, 0.6) is 11.5 Å². The molecule has 0 aliphatic rings. The Hall–Kier alpha value is -3.29. The number of ether oxygens (including phenoxy) is 2. The first-order valence-electron chi connectivity index (χ1n) is 10.1. The summed E-state index contributed by atoms with van der Waals surface area (Å²) in [6.07, 6.45) is 1.50. The average molecular weight is 490 g/mol. The van der Waals surface area contributed by atoms with Gasteiger partial charge in [-0.15, -0.1) is 0 Å². The van der Waals surface area contributed by atoms with E-state index < -0.39 is 0 Å². The minimum absolute atomic E-state index is 0.00674. The standard InChI is InChI=1S/C24H22Cl2FN3O3/c1-2-32-23-11-16(3-10-22(23)33-15-17-4-5-18(25)12-21(17)26)13-29-30-24(31)14-28-20-8-6-19(27)7-9-20/h3-13,28H,2,14-15H2,1H3,(H,30,31)/b29-13-. The molecule has 33 heavy (non-hydrogen) atoms. The van der Waals surface area contributed by atoms with Crippen molar-refractivity contribution in [2.45, 2.75) is 13.5 Å². The maximum absolute atomic E-state index is 12.9. The Morgan fingerprint density at radius 1 is 1.03 bits per heavy atom. The van der Waals surface area contributed by atoms with E-state index in [0.29, 0.717) is 39.4 Å². The summed E-state index contributed by atoms with van der Waals surface area (Å²) >= 11 is 12.1. The number of nitrogens with one attached hydrogen (secondary N) is 2. The molecule has 0 heterocycles. The number of nitrogens with zero attached hydrogens (tertiary/aromatic N) is 1. The van der Waals surface area contributed by atoms with E-state index in [1.54, 1.807) is 48.5 Å². The number of hydrogen-bond donors (Lipinski definition) is 2. The molecule has 0 saturated carbocycles. The van der Waals surface area contributed by atoms with E-state index in [-0.39, 0.29) is 24.9 Å². The molecule has 172 valence electrons. The van der Waals surface area contributed by atoms with Crippen LogP contribution < -0.4 is 20.2 Å². The molecule has 1 amide bonds. The lowest BCUT2D eigenvalue weighted by Gasteiger charge is -2.13.